The van der Waals surface area contributed by atoms with Crippen LogP contribution in [0.2, 0.25) is 5.02 Å². The van der Waals surface area contributed by atoms with Crippen molar-refractivity contribution < 1.29 is 17.9 Å². The zero-order valence-corrected chi connectivity index (χ0v) is 11.8. The fourth-order valence-corrected chi connectivity index (χ4v) is 3.63. The van der Waals surface area contributed by atoms with Gasteiger partial charge in [0.25, 0.3) is 0 Å². The van der Waals surface area contributed by atoms with Gasteiger partial charge in [0.05, 0.1) is 5.02 Å². The summed E-state index contributed by atoms with van der Waals surface area (Å²) in [7, 11) is -3.75. The molecule has 2 rings (SSSR count). The molecule has 106 valence electrons. The lowest BCUT2D eigenvalue weighted by molar-refractivity contribution is 0.249. The molecule has 7 heteroatoms. The van der Waals surface area contributed by atoms with E-state index in [-0.39, 0.29) is 28.5 Å². The van der Waals surface area contributed by atoms with E-state index in [2.05, 4.69) is 4.72 Å². The summed E-state index contributed by atoms with van der Waals surface area (Å²) in [5, 5.41) is 8.78. The molecule has 0 spiro atoms. The van der Waals surface area contributed by atoms with E-state index in [1.54, 1.807) is 0 Å². The third-order valence-corrected chi connectivity index (χ3v) is 5.30. The highest BCUT2D eigenvalue weighted by molar-refractivity contribution is 7.89. The van der Waals surface area contributed by atoms with E-state index in [9.17, 15) is 12.8 Å². The number of aliphatic hydroxyl groups is 1. The first-order valence-corrected chi connectivity index (χ1v) is 7.80. The van der Waals surface area contributed by atoms with Crippen LogP contribution < -0.4 is 4.72 Å². The smallest absolute Gasteiger partial charge is 0.242 e. The molecule has 0 atom stereocenters. The standard InChI is InChI=1S/C12H15ClFNO3S/c13-10-7-9(14)1-2-11(10)19(17,18)15-8-12(3-4-12)5-6-16/h1-2,7,15-16H,3-6,8H2. The molecule has 0 amide bonds. The van der Waals surface area contributed by atoms with Crippen LogP contribution >= 0.6 is 11.6 Å². The van der Waals surface area contributed by atoms with Crippen LogP contribution in [0.25, 0.3) is 0 Å². The van der Waals surface area contributed by atoms with Crippen molar-refractivity contribution in [3.05, 3.63) is 29.0 Å². The molecule has 0 radical (unpaired) electrons. The van der Waals surface area contributed by atoms with Crippen molar-refractivity contribution in [2.75, 3.05) is 13.2 Å². The third-order valence-electron chi connectivity index (χ3n) is 3.42. The maximum atomic E-state index is 12.9. The monoisotopic (exact) mass is 307 g/mol. The molecule has 0 bridgehead atoms. The van der Waals surface area contributed by atoms with E-state index in [1.165, 1.54) is 0 Å². The van der Waals surface area contributed by atoms with Crippen molar-refractivity contribution in [2.45, 2.75) is 24.2 Å². The van der Waals surface area contributed by atoms with Gasteiger partial charge in [0.1, 0.15) is 10.7 Å². The molecule has 0 aromatic heterocycles. The summed E-state index contributed by atoms with van der Waals surface area (Å²) in [4.78, 5) is -0.129. The predicted molar refractivity (Wildman–Crippen MR) is 70.0 cm³/mol. The van der Waals surface area contributed by atoms with E-state index >= 15 is 0 Å². The summed E-state index contributed by atoms with van der Waals surface area (Å²) < 4.78 is 39.5. The fraction of sp³-hybridized carbons (Fsp3) is 0.500. The number of hydrogen-bond acceptors (Lipinski definition) is 3. The summed E-state index contributed by atoms with van der Waals surface area (Å²) >= 11 is 5.74. The lowest BCUT2D eigenvalue weighted by Crippen LogP contribution is -2.31. The minimum atomic E-state index is -3.75. The summed E-state index contributed by atoms with van der Waals surface area (Å²) in [5.41, 5.74) is -0.131. The molecular formula is C12H15ClFNO3S. The molecule has 19 heavy (non-hydrogen) atoms. The highest BCUT2D eigenvalue weighted by Gasteiger charge is 2.42. The second kappa shape index (κ2) is 5.36. The van der Waals surface area contributed by atoms with Crippen LogP contribution in [-0.2, 0) is 10.0 Å². The SMILES string of the molecule is O=S(=O)(NCC1(CCO)CC1)c1ccc(F)cc1Cl. The van der Waals surface area contributed by atoms with E-state index in [1.807, 2.05) is 0 Å². The highest BCUT2D eigenvalue weighted by atomic mass is 35.5. The summed E-state index contributed by atoms with van der Waals surface area (Å²) in [5.74, 6) is -0.581. The molecule has 1 aromatic rings. The van der Waals surface area contributed by atoms with E-state index in [4.69, 9.17) is 16.7 Å². The lowest BCUT2D eigenvalue weighted by atomic mass is 10.0. The number of benzene rings is 1. The van der Waals surface area contributed by atoms with Crippen LogP contribution in [0.3, 0.4) is 0 Å². The van der Waals surface area contributed by atoms with E-state index in [0.717, 1.165) is 31.0 Å². The molecule has 2 N–H and O–H groups in total. The molecule has 1 aliphatic carbocycles. The van der Waals surface area contributed by atoms with E-state index < -0.39 is 15.8 Å². The Labute approximate surface area is 116 Å². The maximum Gasteiger partial charge on any atom is 0.242 e. The second-order valence-corrected chi connectivity index (χ2v) is 7.02. The van der Waals surface area contributed by atoms with Gasteiger partial charge in [-0.1, -0.05) is 11.6 Å². The van der Waals surface area contributed by atoms with Gasteiger partial charge < -0.3 is 5.11 Å². The van der Waals surface area contributed by atoms with Gasteiger partial charge in [-0.25, -0.2) is 17.5 Å². The molecule has 0 unspecified atom stereocenters. The second-order valence-electron chi connectivity index (χ2n) is 4.87. The van der Waals surface area contributed by atoms with Gasteiger partial charge in [-0.3, -0.25) is 0 Å². The van der Waals surface area contributed by atoms with E-state index in [0.29, 0.717) is 6.42 Å². The Morgan fingerprint density at radius 2 is 2.11 bits per heavy atom. The first-order valence-electron chi connectivity index (χ1n) is 5.94. The van der Waals surface area contributed by atoms with Crippen molar-refractivity contribution >= 4 is 21.6 Å². The van der Waals surface area contributed by atoms with Crippen molar-refractivity contribution in [2.24, 2.45) is 5.41 Å². The normalized spacial score (nSPS) is 17.4. The Balaban J connectivity index is 2.10. The molecule has 4 nitrogen and oxygen atoms in total. The van der Waals surface area contributed by atoms with Gasteiger partial charge in [0, 0.05) is 13.2 Å². The minimum absolute atomic E-state index is 0.0407. The van der Waals surface area contributed by atoms with Gasteiger partial charge in [0.2, 0.25) is 10.0 Å². The molecule has 0 heterocycles. The minimum Gasteiger partial charge on any atom is -0.396 e. The maximum absolute atomic E-state index is 12.9. The zero-order valence-electron chi connectivity index (χ0n) is 10.2. The molecule has 0 saturated heterocycles. The Morgan fingerprint density at radius 1 is 1.42 bits per heavy atom. The van der Waals surface area contributed by atoms with Gasteiger partial charge in [-0.2, -0.15) is 0 Å². The molecular weight excluding hydrogens is 293 g/mol. The Bertz CT molecular complexity index is 572. The molecule has 1 saturated carbocycles. The average molecular weight is 308 g/mol. The van der Waals surface area contributed by atoms with Crippen LogP contribution in [0, 0.1) is 11.2 Å². The van der Waals surface area contributed by atoms with Crippen LogP contribution in [-0.4, -0.2) is 26.7 Å². The van der Waals surface area contributed by atoms with Crippen molar-refractivity contribution in [1.29, 1.82) is 0 Å². The number of aliphatic hydroxyl groups excluding tert-OH is 1. The largest absolute Gasteiger partial charge is 0.396 e. The topological polar surface area (TPSA) is 66.4 Å². The van der Waals surface area contributed by atoms with Gasteiger partial charge in [-0.05, 0) is 42.9 Å². The first kappa shape index (κ1) is 14.7. The van der Waals surface area contributed by atoms with Crippen molar-refractivity contribution in [3.8, 4) is 0 Å². The summed E-state index contributed by atoms with van der Waals surface area (Å²) in [6.07, 6.45) is 2.37. The lowest BCUT2D eigenvalue weighted by Gasteiger charge is -2.15. The van der Waals surface area contributed by atoms with Gasteiger partial charge in [-0.15, -0.1) is 0 Å². The van der Waals surface area contributed by atoms with Crippen LogP contribution in [0.4, 0.5) is 4.39 Å². The number of nitrogens with one attached hydrogen (secondary N) is 1. The zero-order chi connectivity index (χ0) is 14.1. The van der Waals surface area contributed by atoms with Gasteiger partial charge in [0.15, 0.2) is 0 Å². The number of sulfonamides is 1. The quantitative estimate of drug-likeness (QED) is 0.844. The van der Waals surface area contributed by atoms with Crippen LogP contribution in [0.1, 0.15) is 19.3 Å². The Morgan fingerprint density at radius 3 is 2.63 bits per heavy atom. The fourth-order valence-electron chi connectivity index (χ4n) is 1.95. The molecule has 1 fully saturated rings. The highest BCUT2D eigenvalue weighted by Crippen LogP contribution is 2.48. The van der Waals surface area contributed by atoms with Gasteiger partial charge >= 0.3 is 0 Å². The van der Waals surface area contributed by atoms with Crippen LogP contribution in [0.5, 0.6) is 0 Å². The average Bonchev–Trinajstić information content (AvgIpc) is 3.07. The van der Waals surface area contributed by atoms with Crippen molar-refractivity contribution in [3.63, 3.8) is 0 Å². The third kappa shape index (κ3) is 3.45. The number of hydrogen-bond donors (Lipinski definition) is 2. The first-order chi connectivity index (χ1) is 8.88. The van der Waals surface area contributed by atoms with Crippen LogP contribution in [0.15, 0.2) is 23.1 Å². The van der Waals surface area contributed by atoms with Crippen molar-refractivity contribution in [1.82, 2.24) is 4.72 Å². The number of halogens is 2. The predicted octanol–water partition coefficient (Wildman–Crippen LogP) is 1.92. The molecule has 1 aliphatic rings. The molecule has 1 aromatic carbocycles. The Kier molecular flexibility index (Phi) is 4.15. The Hall–Kier alpha value is -0.690. The summed E-state index contributed by atoms with van der Waals surface area (Å²) in [6.45, 7) is 0.308. The number of rotatable bonds is 6. The molecule has 0 aliphatic heterocycles. The summed E-state index contributed by atoms with van der Waals surface area (Å²) in [6, 6.07) is 3.17.